The fraction of sp³-hybridized carbons (Fsp3) is 0.333. The Morgan fingerprint density at radius 2 is 2.41 bits per heavy atom. The predicted octanol–water partition coefficient (Wildman–Crippen LogP) is 0.686. The van der Waals surface area contributed by atoms with Gasteiger partial charge in [-0.25, -0.2) is 4.98 Å². The van der Waals surface area contributed by atoms with Gasteiger partial charge in [-0.2, -0.15) is 0 Å². The summed E-state index contributed by atoms with van der Waals surface area (Å²) in [5.74, 6) is -0.595. The largest absolute Gasteiger partial charge is 0.468 e. The first-order valence-corrected chi connectivity index (χ1v) is 4.95. The summed E-state index contributed by atoms with van der Waals surface area (Å²) < 4.78 is 4.44. The third kappa shape index (κ3) is 3.36. The summed E-state index contributed by atoms with van der Waals surface area (Å²) in [6, 6.07) is 0.348. The van der Waals surface area contributed by atoms with Gasteiger partial charge in [0.25, 0.3) is 0 Å². The lowest BCUT2D eigenvalue weighted by Crippen LogP contribution is -2.33. The van der Waals surface area contributed by atoms with E-state index in [0.717, 1.165) is 0 Å². The second-order valence-corrected chi connectivity index (χ2v) is 3.60. The number of nitrogens with zero attached hydrogens (tertiary/aromatic N) is 2. The standard InChI is InChI=1S/C9H10ClN3O4/c1-17-9(14)6(11)2-5-3-7(13(15)16)8(10)12-4-5/h3-4,6H,2,11H2,1H3/t6-/m0/s1. The van der Waals surface area contributed by atoms with Crippen molar-refractivity contribution >= 4 is 23.3 Å². The summed E-state index contributed by atoms with van der Waals surface area (Å²) in [6.07, 6.45) is 1.43. The van der Waals surface area contributed by atoms with E-state index in [-0.39, 0.29) is 17.3 Å². The first-order valence-electron chi connectivity index (χ1n) is 4.58. The fourth-order valence-corrected chi connectivity index (χ4v) is 1.38. The highest BCUT2D eigenvalue weighted by atomic mass is 35.5. The van der Waals surface area contributed by atoms with Gasteiger partial charge >= 0.3 is 11.7 Å². The number of halogens is 1. The van der Waals surface area contributed by atoms with Crippen LogP contribution in [0.3, 0.4) is 0 Å². The minimum Gasteiger partial charge on any atom is -0.468 e. The highest BCUT2D eigenvalue weighted by Crippen LogP contribution is 2.22. The molecule has 1 aromatic heterocycles. The SMILES string of the molecule is COC(=O)[C@@H](N)Cc1cnc(Cl)c([N+](=O)[O-])c1. The van der Waals surface area contributed by atoms with Gasteiger partial charge in [0.15, 0.2) is 0 Å². The number of nitro groups is 1. The van der Waals surface area contributed by atoms with E-state index < -0.39 is 16.9 Å². The summed E-state index contributed by atoms with van der Waals surface area (Å²) in [4.78, 5) is 24.7. The van der Waals surface area contributed by atoms with Crippen molar-refractivity contribution in [3.8, 4) is 0 Å². The second kappa shape index (κ2) is 5.55. The minimum atomic E-state index is -0.887. The molecule has 8 heteroatoms. The Balaban J connectivity index is 2.90. The fourth-order valence-electron chi connectivity index (χ4n) is 1.21. The van der Waals surface area contributed by atoms with Crippen molar-refractivity contribution in [1.82, 2.24) is 4.98 Å². The Kier molecular flexibility index (Phi) is 4.36. The quantitative estimate of drug-likeness (QED) is 0.369. The van der Waals surface area contributed by atoms with E-state index in [1.807, 2.05) is 0 Å². The van der Waals surface area contributed by atoms with Crippen LogP contribution in [0.4, 0.5) is 5.69 Å². The lowest BCUT2D eigenvalue weighted by molar-refractivity contribution is -0.385. The molecule has 1 atom stereocenters. The number of esters is 1. The van der Waals surface area contributed by atoms with Crippen LogP contribution in [-0.2, 0) is 16.0 Å². The summed E-state index contributed by atoms with van der Waals surface area (Å²) in [5, 5.41) is 10.4. The van der Waals surface area contributed by atoms with Gasteiger partial charge in [-0.15, -0.1) is 0 Å². The summed E-state index contributed by atoms with van der Waals surface area (Å²) in [6.45, 7) is 0. The van der Waals surface area contributed by atoms with Gasteiger partial charge in [0.05, 0.1) is 12.0 Å². The molecule has 17 heavy (non-hydrogen) atoms. The van der Waals surface area contributed by atoms with E-state index in [9.17, 15) is 14.9 Å². The van der Waals surface area contributed by atoms with Crippen LogP contribution >= 0.6 is 11.6 Å². The number of methoxy groups -OCH3 is 1. The third-order valence-corrected chi connectivity index (χ3v) is 2.32. The minimum absolute atomic E-state index is 0.0949. The zero-order chi connectivity index (χ0) is 13.0. The number of hydrogen-bond donors (Lipinski definition) is 1. The molecule has 92 valence electrons. The molecule has 0 unspecified atom stereocenters. The Morgan fingerprint density at radius 3 is 2.94 bits per heavy atom. The maximum absolute atomic E-state index is 11.1. The molecule has 0 aliphatic rings. The van der Waals surface area contributed by atoms with E-state index >= 15 is 0 Å². The molecule has 0 aliphatic heterocycles. The van der Waals surface area contributed by atoms with Gasteiger partial charge in [-0.3, -0.25) is 14.9 Å². The summed E-state index contributed by atoms with van der Waals surface area (Å²) in [7, 11) is 1.21. The number of ether oxygens (including phenoxy) is 1. The van der Waals surface area contributed by atoms with Gasteiger partial charge in [-0.1, -0.05) is 11.6 Å². The number of rotatable bonds is 4. The van der Waals surface area contributed by atoms with Gasteiger partial charge in [0, 0.05) is 12.3 Å². The van der Waals surface area contributed by atoms with Crippen LogP contribution in [0.5, 0.6) is 0 Å². The normalized spacial score (nSPS) is 11.9. The van der Waals surface area contributed by atoms with E-state index in [1.165, 1.54) is 19.4 Å². The van der Waals surface area contributed by atoms with Crippen molar-refractivity contribution in [1.29, 1.82) is 0 Å². The smallest absolute Gasteiger partial charge is 0.322 e. The molecule has 1 heterocycles. The second-order valence-electron chi connectivity index (χ2n) is 3.24. The van der Waals surface area contributed by atoms with Crippen molar-refractivity contribution in [2.24, 2.45) is 5.73 Å². The molecule has 0 aromatic carbocycles. The maximum atomic E-state index is 11.1. The monoisotopic (exact) mass is 259 g/mol. The summed E-state index contributed by atoms with van der Waals surface area (Å²) >= 11 is 5.54. The maximum Gasteiger partial charge on any atom is 0.322 e. The highest BCUT2D eigenvalue weighted by molar-refractivity contribution is 6.31. The van der Waals surface area contributed by atoms with Gasteiger partial charge in [-0.05, 0) is 12.0 Å². The molecule has 0 saturated heterocycles. The zero-order valence-corrected chi connectivity index (χ0v) is 9.68. The van der Waals surface area contributed by atoms with Crippen LogP contribution in [-0.4, -0.2) is 29.0 Å². The molecule has 0 bridgehead atoms. The molecule has 1 rings (SSSR count). The topological polar surface area (TPSA) is 108 Å². The molecule has 0 spiro atoms. The molecule has 1 aromatic rings. The first kappa shape index (κ1) is 13.3. The van der Waals surface area contributed by atoms with Crippen LogP contribution in [0.25, 0.3) is 0 Å². The third-order valence-electron chi connectivity index (χ3n) is 2.03. The highest BCUT2D eigenvalue weighted by Gasteiger charge is 2.18. The molecular weight excluding hydrogens is 250 g/mol. The number of carbonyl (C=O) groups excluding carboxylic acids is 1. The number of pyridine rings is 1. The number of nitrogens with two attached hydrogens (primary N) is 1. The van der Waals surface area contributed by atoms with Gasteiger partial charge in [0.1, 0.15) is 6.04 Å². The van der Waals surface area contributed by atoms with Crippen LogP contribution < -0.4 is 5.73 Å². The van der Waals surface area contributed by atoms with Crippen LogP contribution in [0.15, 0.2) is 12.3 Å². The number of aromatic nitrogens is 1. The van der Waals surface area contributed by atoms with Crippen LogP contribution in [0.1, 0.15) is 5.56 Å². The molecular formula is C9H10ClN3O4. The Morgan fingerprint density at radius 1 is 1.76 bits per heavy atom. The molecule has 0 radical (unpaired) electrons. The summed E-state index contributed by atoms with van der Waals surface area (Å²) in [5.41, 5.74) is 5.64. The molecule has 7 nitrogen and oxygen atoms in total. The van der Waals surface area contributed by atoms with Crippen molar-refractivity contribution in [2.45, 2.75) is 12.5 Å². The molecule has 0 saturated carbocycles. The van der Waals surface area contributed by atoms with Crippen LogP contribution in [0.2, 0.25) is 5.15 Å². The average molecular weight is 260 g/mol. The van der Waals surface area contributed by atoms with Crippen molar-refractivity contribution in [2.75, 3.05) is 7.11 Å². The van der Waals surface area contributed by atoms with E-state index in [4.69, 9.17) is 17.3 Å². The van der Waals surface area contributed by atoms with Crippen molar-refractivity contribution in [3.63, 3.8) is 0 Å². The molecule has 2 N–H and O–H groups in total. The lowest BCUT2D eigenvalue weighted by Gasteiger charge is -2.08. The molecule has 0 amide bonds. The average Bonchev–Trinajstić information content (AvgIpc) is 2.30. The zero-order valence-electron chi connectivity index (χ0n) is 8.92. The predicted molar refractivity (Wildman–Crippen MR) is 59.6 cm³/mol. The van der Waals surface area contributed by atoms with Crippen molar-refractivity contribution in [3.05, 3.63) is 33.1 Å². The Hall–Kier alpha value is -1.73. The van der Waals surface area contributed by atoms with E-state index in [0.29, 0.717) is 5.56 Å². The number of hydrogen-bond acceptors (Lipinski definition) is 6. The lowest BCUT2D eigenvalue weighted by atomic mass is 10.1. The van der Waals surface area contributed by atoms with Gasteiger partial charge in [0.2, 0.25) is 5.15 Å². The van der Waals surface area contributed by atoms with Crippen molar-refractivity contribution < 1.29 is 14.5 Å². The van der Waals surface area contributed by atoms with E-state index in [2.05, 4.69) is 9.72 Å². The Bertz CT molecular complexity index is 452. The Labute approximate surface area is 102 Å². The van der Waals surface area contributed by atoms with Gasteiger partial charge < -0.3 is 10.5 Å². The molecule has 0 fully saturated rings. The first-order chi connectivity index (χ1) is 7.95. The van der Waals surface area contributed by atoms with Crippen LogP contribution in [0, 0.1) is 10.1 Å². The van der Waals surface area contributed by atoms with E-state index in [1.54, 1.807) is 0 Å². The number of carbonyl (C=O) groups is 1. The molecule has 0 aliphatic carbocycles.